The minimum Gasteiger partial charge on any atom is -0.300 e. The molecule has 0 aromatic rings. The molecule has 4 heteroatoms. The SMILES string of the molecule is CCCCP(=O)(Br)Br. The molecule has 0 bridgehead atoms. The molecule has 50 valence electrons. The summed E-state index contributed by atoms with van der Waals surface area (Å²) in [6.07, 6.45) is 2.87. The minimum atomic E-state index is -2.06. The summed E-state index contributed by atoms with van der Waals surface area (Å²) in [5.41, 5.74) is 0. The molecule has 0 unspecified atom stereocenters. The Bertz CT molecular complexity index is 98.2. The highest BCUT2D eigenvalue weighted by molar-refractivity contribution is 9.70. The van der Waals surface area contributed by atoms with Crippen molar-refractivity contribution in [1.29, 1.82) is 0 Å². The van der Waals surface area contributed by atoms with Gasteiger partial charge in [0.1, 0.15) is 0 Å². The third-order valence-electron chi connectivity index (χ3n) is 0.772. The Kier molecular flexibility index (Phi) is 4.68. The van der Waals surface area contributed by atoms with Crippen LogP contribution in [0.5, 0.6) is 0 Å². The van der Waals surface area contributed by atoms with Crippen molar-refractivity contribution in [2.75, 3.05) is 6.16 Å². The lowest BCUT2D eigenvalue weighted by molar-refractivity contribution is 0.593. The summed E-state index contributed by atoms with van der Waals surface area (Å²) in [5, 5.41) is 0. The first-order valence-electron chi connectivity index (χ1n) is 2.54. The van der Waals surface area contributed by atoms with Gasteiger partial charge in [0.05, 0.1) is 0 Å². The van der Waals surface area contributed by atoms with Gasteiger partial charge in [0, 0.05) is 6.16 Å². The maximum atomic E-state index is 10.8. The van der Waals surface area contributed by atoms with Crippen molar-refractivity contribution in [3.63, 3.8) is 0 Å². The van der Waals surface area contributed by atoms with Gasteiger partial charge in [-0.25, -0.2) is 0 Å². The Morgan fingerprint density at radius 1 is 1.50 bits per heavy atom. The molecule has 0 aliphatic rings. The van der Waals surface area contributed by atoms with Gasteiger partial charge < -0.3 is 0 Å². The average molecular weight is 264 g/mol. The van der Waals surface area contributed by atoms with Crippen molar-refractivity contribution in [2.45, 2.75) is 19.8 Å². The van der Waals surface area contributed by atoms with E-state index in [0.717, 1.165) is 19.0 Å². The molecule has 1 nitrogen and oxygen atoms in total. The van der Waals surface area contributed by atoms with Gasteiger partial charge >= 0.3 is 0 Å². The molecule has 0 saturated carbocycles. The molecule has 0 aromatic heterocycles. The molecule has 0 fully saturated rings. The van der Waals surface area contributed by atoms with E-state index in [1.807, 2.05) is 0 Å². The van der Waals surface area contributed by atoms with Crippen molar-refractivity contribution in [2.24, 2.45) is 0 Å². The lowest BCUT2D eigenvalue weighted by Crippen LogP contribution is -1.74. The van der Waals surface area contributed by atoms with Crippen LogP contribution >= 0.6 is 35.5 Å². The molecule has 0 aliphatic heterocycles. The lowest BCUT2D eigenvalue weighted by Gasteiger charge is -1.97. The van der Waals surface area contributed by atoms with Crippen LogP contribution in [0.4, 0.5) is 0 Å². The summed E-state index contributed by atoms with van der Waals surface area (Å²) in [6, 6.07) is 0. The van der Waals surface area contributed by atoms with Crippen LogP contribution in [-0.2, 0) is 4.57 Å². The monoisotopic (exact) mass is 262 g/mol. The Morgan fingerprint density at radius 3 is 2.12 bits per heavy atom. The molecular weight excluding hydrogens is 255 g/mol. The second-order valence-corrected chi connectivity index (χ2v) is 13.0. The Balaban J connectivity index is 3.26. The predicted molar refractivity (Wildman–Crippen MR) is 45.2 cm³/mol. The van der Waals surface area contributed by atoms with E-state index in [1.165, 1.54) is 0 Å². The predicted octanol–water partition coefficient (Wildman–Crippen LogP) is 3.77. The van der Waals surface area contributed by atoms with E-state index in [4.69, 9.17) is 0 Å². The maximum Gasteiger partial charge on any atom is 0.208 e. The van der Waals surface area contributed by atoms with Crippen LogP contribution in [0.25, 0.3) is 0 Å². The molecule has 0 atom stereocenters. The Hall–Kier alpha value is 1.19. The molecule has 0 radical (unpaired) electrons. The Morgan fingerprint density at radius 2 is 2.00 bits per heavy atom. The van der Waals surface area contributed by atoms with Crippen molar-refractivity contribution in [3.8, 4) is 0 Å². The van der Waals surface area contributed by atoms with Crippen molar-refractivity contribution in [3.05, 3.63) is 0 Å². The molecule has 0 aromatic carbocycles. The van der Waals surface area contributed by atoms with Gasteiger partial charge in [0.15, 0.2) is 0 Å². The van der Waals surface area contributed by atoms with E-state index in [1.54, 1.807) is 0 Å². The topological polar surface area (TPSA) is 17.1 Å². The highest BCUT2D eigenvalue weighted by Crippen LogP contribution is 2.61. The molecule has 0 spiro atoms. The summed E-state index contributed by atoms with van der Waals surface area (Å²) in [5.74, 6) is 0. The number of halogens is 2. The molecular formula is C4H9Br2OP. The van der Waals surface area contributed by atoms with Gasteiger partial charge in [0.25, 0.3) is 0 Å². The van der Waals surface area contributed by atoms with Crippen LogP contribution in [0.15, 0.2) is 0 Å². The quantitative estimate of drug-likeness (QED) is 0.709. The van der Waals surface area contributed by atoms with Gasteiger partial charge in [-0.15, -0.1) is 0 Å². The standard InChI is InChI=1S/C4H9Br2OP/c1-2-3-4-8(5,6)7/h2-4H2,1H3. The first-order chi connectivity index (χ1) is 3.56. The van der Waals surface area contributed by atoms with Gasteiger partial charge in [-0.2, -0.15) is 0 Å². The second-order valence-electron chi connectivity index (χ2n) is 1.65. The van der Waals surface area contributed by atoms with Crippen LogP contribution in [0, 0.1) is 0 Å². The molecule has 0 heterocycles. The molecule has 8 heavy (non-hydrogen) atoms. The summed E-state index contributed by atoms with van der Waals surface area (Å²) >= 11 is 6.10. The van der Waals surface area contributed by atoms with Crippen LogP contribution < -0.4 is 0 Å². The summed E-state index contributed by atoms with van der Waals surface area (Å²) in [7, 11) is 0. The fourth-order valence-corrected chi connectivity index (χ4v) is 2.53. The largest absolute Gasteiger partial charge is 0.300 e. The smallest absolute Gasteiger partial charge is 0.208 e. The zero-order valence-corrected chi connectivity index (χ0v) is 8.80. The molecule has 0 rings (SSSR count). The number of rotatable bonds is 3. The molecule has 0 amide bonds. The number of hydrogen-bond acceptors (Lipinski definition) is 1. The highest BCUT2D eigenvalue weighted by Gasteiger charge is 2.09. The fourth-order valence-electron chi connectivity index (χ4n) is 0.342. The lowest BCUT2D eigenvalue weighted by atomic mass is 10.4. The third kappa shape index (κ3) is 7.19. The van der Waals surface area contributed by atoms with Gasteiger partial charge in [0.2, 0.25) is 4.55 Å². The normalized spacial score (nSPS) is 11.9. The van der Waals surface area contributed by atoms with Crippen LogP contribution in [0.1, 0.15) is 19.8 Å². The van der Waals surface area contributed by atoms with E-state index >= 15 is 0 Å². The van der Waals surface area contributed by atoms with E-state index in [2.05, 4.69) is 37.9 Å². The van der Waals surface area contributed by atoms with Crippen molar-refractivity contribution in [1.82, 2.24) is 0 Å². The minimum absolute atomic E-state index is 0.753. The van der Waals surface area contributed by atoms with Crippen LogP contribution in [0.3, 0.4) is 0 Å². The molecule has 0 aliphatic carbocycles. The van der Waals surface area contributed by atoms with E-state index < -0.39 is 4.55 Å². The van der Waals surface area contributed by atoms with Crippen LogP contribution in [0.2, 0.25) is 0 Å². The van der Waals surface area contributed by atoms with Gasteiger partial charge in [-0.05, 0) is 37.4 Å². The van der Waals surface area contributed by atoms with Crippen LogP contribution in [-0.4, -0.2) is 6.16 Å². The zero-order valence-electron chi connectivity index (χ0n) is 4.73. The number of unbranched alkanes of at least 4 members (excludes halogenated alkanes) is 1. The highest BCUT2D eigenvalue weighted by atomic mass is 79.9. The Labute approximate surface area is 66.1 Å². The summed E-state index contributed by atoms with van der Waals surface area (Å²) < 4.78 is 8.75. The molecule has 0 saturated heterocycles. The first-order valence-corrected chi connectivity index (χ1v) is 8.47. The van der Waals surface area contributed by atoms with Crippen molar-refractivity contribution < 1.29 is 4.57 Å². The first kappa shape index (κ1) is 9.19. The van der Waals surface area contributed by atoms with Gasteiger partial charge in [-0.3, -0.25) is 4.57 Å². The maximum absolute atomic E-state index is 10.8. The molecule has 0 N–H and O–H groups in total. The average Bonchev–Trinajstić information content (AvgIpc) is 1.59. The second kappa shape index (κ2) is 4.08. The fraction of sp³-hybridized carbons (Fsp3) is 1.00. The van der Waals surface area contributed by atoms with E-state index in [-0.39, 0.29) is 0 Å². The zero-order chi connectivity index (χ0) is 6.62. The summed E-state index contributed by atoms with van der Waals surface area (Å²) in [6.45, 7) is 2.08. The number of hydrogen-bond donors (Lipinski definition) is 0. The van der Waals surface area contributed by atoms with Crippen molar-refractivity contribution >= 4 is 35.5 Å². The third-order valence-corrected chi connectivity index (χ3v) is 3.74. The van der Waals surface area contributed by atoms with E-state index in [0.29, 0.717) is 0 Å². The summed E-state index contributed by atoms with van der Waals surface area (Å²) in [4.78, 5) is 0. The van der Waals surface area contributed by atoms with Gasteiger partial charge in [-0.1, -0.05) is 13.3 Å². The van der Waals surface area contributed by atoms with E-state index in [9.17, 15) is 4.57 Å².